The van der Waals surface area contributed by atoms with Crippen molar-refractivity contribution >= 4 is 37.5 Å². The van der Waals surface area contributed by atoms with E-state index < -0.39 is 20.0 Å². The number of hydrogen-bond acceptors (Lipinski definition) is 6. The first-order chi connectivity index (χ1) is 13.7. The van der Waals surface area contributed by atoms with Crippen LogP contribution in [0.1, 0.15) is 5.56 Å². The lowest BCUT2D eigenvalue weighted by Crippen LogP contribution is -2.37. The molecule has 2 aliphatic rings. The number of amidine groups is 1. The maximum absolute atomic E-state index is 12.5. The molecule has 0 fully saturated rings. The quantitative estimate of drug-likeness (QED) is 0.607. The second kappa shape index (κ2) is 8.31. The van der Waals surface area contributed by atoms with Gasteiger partial charge in [-0.05, 0) is 29.8 Å². The van der Waals surface area contributed by atoms with Gasteiger partial charge >= 0.3 is 0 Å². The molecule has 0 saturated carbocycles. The monoisotopic (exact) mass is 436 g/mol. The minimum atomic E-state index is -3.46. The van der Waals surface area contributed by atoms with Crippen LogP contribution in [0, 0.1) is 0 Å². The number of carbonyl (C=O) groups is 1. The van der Waals surface area contributed by atoms with Crippen molar-refractivity contribution in [1.82, 2.24) is 9.62 Å². The first-order valence-electron chi connectivity index (χ1n) is 8.65. The van der Waals surface area contributed by atoms with E-state index >= 15 is 0 Å². The van der Waals surface area contributed by atoms with Crippen LogP contribution in [0.5, 0.6) is 0 Å². The van der Waals surface area contributed by atoms with Crippen LogP contribution in [-0.4, -0.2) is 52.3 Å². The minimum absolute atomic E-state index is 0.109. The van der Waals surface area contributed by atoms with E-state index in [1.54, 1.807) is 35.4 Å². The second-order valence-corrected chi connectivity index (χ2v) is 9.96. The SMILES string of the molecule is C=CCNS(=O)(=O)Cc1ccc(NC(=O)C2=CN3CCS(=O)(=O)N=C3C=C2)cc1. The highest BCUT2D eigenvalue weighted by molar-refractivity contribution is 7.90. The van der Waals surface area contributed by atoms with Gasteiger partial charge in [0, 0.05) is 25.0 Å². The zero-order chi connectivity index (χ0) is 21.1. The number of fused-ring (bicyclic) bond motifs is 1. The third-order valence-corrected chi connectivity index (χ3v) is 6.59. The highest BCUT2D eigenvalue weighted by Crippen LogP contribution is 2.18. The first kappa shape index (κ1) is 21.0. The Labute approximate surface area is 169 Å². The van der Waals surface area contributed by atoms with Crippen LogP contribution in [0.4, 0.5) is 5.69 Å². The number of nitrogens with one attached hydrogen (secondary N) is 2. The Kier molecular flexibility index (Phi) is 6.01. The highest BCUT2D eigenvalue weighted by Gasteiger charge is 2.25. The Morgan fingerprint density at radius 2 is 1.97 bits per heavy atom. The number of anilines is 1. The van der Waals surface area contributed by atoms with E-state index in [1.165, 1.54) is 18.2 Å². The van der Waals surface area contributed by atoms with Gasteiger partial charge in [-0.3, -0.25) is 4.79 Å². The lowest BCUT2D eigenvalue weighted by molar-refractivity contribution is -0.112. The number of benzene rings is 1. The third-order valence-electron chi connectivity index (χ3n) is 4.10. The van der Waals surface area contributed by atoms with E-state index in [2.05, 4.69) is 21.0 Å². The summed E-state index contributed by atoms with van der Waals surface area (Å²) in [5.74, 6) is -0.379. The normalized spacial score (nSPS) is 17.7. The highest BCUT2D eigenvalue weighted by atomic mass is 32.2. The summed E-state index contributed by atoms with van der Waals surface area (Å²) in [7, 11) is -6.90. The van der Waals surface area contributed by atoms with Crippen LogP contribution in [0.3, 0.4) is 0 Å². The average molecular weight is 437 g/mol. The molecule has 0 aromatic heterocycles. The van der Waals surface area contributed by atoms with Gasteiger partial charge in [0.05, 0.1) is 17.1 Å². The molecule has 0 saturated heterocycles. The van der Waals surface area contributed by atoms with Gasteiger partial charge < -0.3 is 10.2 Å². The van der Waals surface area contributed by atoms with Gasteiger partial charge in [0.25, 0.3) is 15.9 Å². The van der Waals surface area contributed by atoms with Crippen LogP contribution < -0.4 is 10.0 Å². The number of sulfonamides is 2. The van der Waals surface area contributed by atoms with Crippen LogP contribution in [0.2, 0.25) is 0 Å². The molecule has 0 spiro atoms. The molecule has 1 amide bonds. The number of rotatable bonds is 7. The molecule has 1 aromatic carbocycles. The van der Waals surface area contributed by atoms with Gasteiger partial charge in [0.15, 0.2) is 0 Å². The summed E-state index contributed by atoms with van der Waals surface area (Å²) < 4.78 is 52.9. The summed E-state index contributed by atoms with van der Waals surface area (Å²) in [5.41, 5.74) is 1.43. The standard InChI is InChI=1S/C18H20N4O5S2/c1-2-9-19-29(26,27)13-14-3-6-16(7-4-14)20-18(23)15-5-8-17-21-28(24,25)11-10-22(17)12-15/h2-8,12,19H,1,9-11,13H2,(H,20,23). The Morgan fingerprint density at radius 3 is 2.66 bits per heavy atom. The number of hydrogen-bond donors (Lipinski definition) is 2. The average Bonchev–Trinajstić information content (AvgIpc) is 2.66. The van der Waals surface area contributed by atoms with Crippen LogP contribution in [0.25, 0.3) is 0 Å². The molecular formula is C18H20N4O5S2. The lowest BCUT2D eigenvalue weighted by atomic mass is 10.1. The Morgan fingerprint density at radius 1 is 1.24 bits per heavy atom. The molecule has 9 nitrogen and oxygen atoms in total. The molecule has 154 valence electrons. The van der Waals surface area contributed by atoms with E-state index in [0.29, 0.717) is 16.8 Å². The van der Waals surface area contributed by atoms with E-state index in [9.17, 15) is 21.6 Å². The van der Waals surface area contributed by atoms with Crippen LogP contribution in [0.15, 0.2) is 65.2 Å². The van der Waals surface area contributed by atoms with Crippen molar-refractivity contribution in [3.63, 3.8) is 0 Å². The molecule has 0 unspecified atom stereocenters. The summed E-state index contributed by atoms with van der Waals surface area (Å²) >= 11 is 0. The van der Waals surface area contributed by atoms with Crippen molar-refractivity contribution in [1.29, 1.82) is 0 Å². The third kappa shape index (κ3) is 5.62. The second-order valence-electron chi connectivity index (χ2n) is 6.39. The van der Waals surface area contributed by atoms with Crippen molar-refractivity contribution in [2.45, 2.75) is 5.75 Å². The molecule has 2 N–H and O–H groups in total. The molecular weight excluding hydrogens is 416 g/mol. The molecule has 11 heteroatoms. The Balaban J connectivity index is 1.64. The van der Waals surface area contributed by atoms with Gasteiger partial charge in [0.2, 0.25) is 10.0 Å². The Hall–Kier alpha value is -2.76. The molecule has 0 bridgehead atoms. The summed E-state index contributed by atoms with van der Waals surface area (Å²) in [5, 5.41) is 2.73. The molecule has 1 aromatic rings. The number of nitrogens with zero attached hydrogens (tertiary/aromatic N) is 2. The summed E-state index contributed by atoms with van der Waals surface area (Å²) in [6, 6.07) is 6.47. The molecule has 0 radical (unpaired) electrons. The molecule has 2 heterocycles. The molecule has 2 aliphatic heterocycles. The predicted molar refractivity (Wildman–Crippen MR) is 111 cm³/mol. The maximum atomic E-state index is 12.5. The van der Waals surface area contributed by atoms with Crippen molar-refractivity contribution in [2.24, 2.45) is 4.40 Å². The number of carbonyl (C=O) groups excluding carboxylic acids is 1. The van der Waals surface area contributed by atoms with Crippen LogP contribution in [-0.2, 0) is 30.6 Å². The predicted octanol–water partition coefficient (Wildman–Crippen LogP) is 0.728. The molecule has 0 aliphatic carbocycles. The Bertz CT molecular complexity index is 1120. The van der Waals surface area contributed by atoms with E-state index in [4.69, 9.17) is 0 Å². The molecule has 0 atom stereocenters. The fourth-order valence-corrected chi connectivity index (χ4v) is 4.75. The fourth-order valence-electron chi connectivity index (χ4n) is 2.68. The zero-order valence-corrected chi connectivity index (χ0v) is 17.0. The molecule has 3 rings (SSSR count). The van der Waals surface area contributed by atoms with Gasteiger partial charge in [-0.1, -0.05) is 18.2 Å². The van der Waals surface area contributed by atoms with Crippen molar-refractivity contribution in [3.05, 3.63) is 66.4 Å². The van der Waals surface area contributed by atoms with E-state index in [1.807, 2.05) is 0 Å². The van der Waals surface area contributed by atoms with Gasteiger partial charge in [-0.25, -0.2) is 21.6 Å². The first-order valence-corrected chi connectivity index (χ1v) is 11.9. The van der Waals surface area contributed by atoms with E-state index in [-0.39, 0.29) is 36.3 Å². The zero-order valence-electron chi connectivity index (χ0n) is 15.4. The van der Waals surface area contributed by atoms with Crippen molar-refractivity contribution in [2.75, 3.05) is 24.2 Å². The van der Waals surface area contributed by atoms with Crippen LogP contribution >= 0.6 is 0 Å². The summed E-state index contributed by atoms with van der Waals surface area (Å²) in [4.78, 5) is 14.1. The number of amides is 1. The largest absolute Gasteiger partial charge is 0.330 e. The lowest BCUT2D eigenvalue weighted by Gasteiger charge is -2.26. The summed E-state index contributed by atoms with van der Waals surface area (Å²) in [6.45, 7) is 3.85. The van der Waals surface area contributed by atoms with Gasteiger partial charge in [-0.15, -0.1) is 11.0 Å². The minimum Gasteiger partial charge on any atom is -0.330 e. The fraction of sp³-hybridized carbons (Fsp3) is 0.222. The van der Waals surface area contributed by atoms with Gasteiger partial charge in [0.1, 0.15) is 5.84 Å². The summed E-state index contributed by atoms with van der Waals surface area (Å²) in [6.07, 6.45) is 5.99. The topological polar surface area (TPSA) is 125 Å². The van der Waals surface area contributed by atoms with Crippen molar-refractivity contribution < 1.29 is 21.6 Å². The molecule has 29 heavy (non-hydrogen) atoms. The maximum Gasteiger partial charge on any atom is 0.257 e. The smallest absolute Gasteiger partial charge is 0.257 e. The van der Waals surface area contributed by atoms with Gasteiger partial charge in [-0.2, -0.15) is 0 Å². The van der Waals surface area contributed by atoms with Crippen molar-refractivity contribution in [3.8, 4) is 0 Å². The van der Waals surface area contributed by atoms with E-state index in [0.717, 1.165) is 0 Å².